The molecule has 0 bridgehead atoms. The molecule has 0 amide bonds. The molecule has 1 aliphatic carbocycles. The summed E-state index contributed by atoms with van der Waals surface area (Å²) in [4.78, 5) is 0. The minimum Gasteiger partial charge on any atom is -0.373 e. The fourth-order valence-electron chi connectivity index (χ4n) is 4.05. The van der Waals surface area contributed by atoms with Crippen molar-refractivity contribution in [2.24, 2.45) is 5.92 Å². The summed E-state index contributed by atoms with van der Waals surface area (Å²) in [5.74, 6) is -0.939. The molecular weight excluding hydrogens is 408 g/mol. The molecule has 2 aromatic rings. The number of benzene rings is 2. The van der Waals surface area contributed by atoms with Gasteiger partial charge in [-0.1, -0.05) is 50.5 Å². The minimum absolute atomic E-state index is 0.0280. The van der Waals surface area contributed by atoms with Crippen molar-refractivity contribution in [2.45, 2.75) is 63.3 Å². The maximum Gasteiger partial charge on any atom is 0.534 e. The Bertz CT molecular complexity index is 962. The van der Waals surface area contributed by atoms with Crippen LogP contribution in [0.15, 0.2) is 30.3 Å². The van der Waals surface area contributed by atoms with Crippen LogP contribution in [0.25, 0.3) is 10.8 Å². The Hall–Kier alpha value is -1.83. The molecule has 29 heavy (non-hydrogen) atoms. The first-order chi connectivity index (χ1) is 13.6. The van der Waals surface area contributed by atoms with E-state index < -0.39 is 27.2 Å². The molecule has 0 unspecified atom stereocenters. The Morgan fingerprint density at radius 3 is 2.38 bits per heavy atom. The summed E-state index contributed by atoms with van der Waals surface area (Å²) in [6, 6.07) is 7.39. The van der Waals surface area contributed by atoms with Crippen LogP contribution < -0.4 is 4.18 Å². The molecule has 160 valence electrons. The maximum atomic E-state index is 14.6. The summed E-state index contributed by atoms with van der Waals surface area (Å²) in [5.41, 5.74) is -4.55. The van der Waals surface area contributed by atoms with Crippen LogP contribution in [0.3, 0.4) is 0 Å². The predicted octanol–water partition coefficient (Wildman–Crippen LogP) is 6.67. The van der Waals surface area contributed by atoms with Crippen molar-refractivity contribution in [1.82, 2.24) is 0 Å². The van der Waals surface area contributed by atoms with Crippen molar-refractivity contribution in [3.05, 3.63) is 41.7 Å². The zero-order valence-corrected chi connectivity index (χ0v) is 17.0. The van der Waals surface area contributed by atoms with Crippen molar-refractivity contribution in [3.63, 3.8) is 0 Å². The minimum atomic E-state index is -5.92. The largest absolute Gasteiger partial charge is 0.534 e. The quantitative estimate of drug-likeness (QED) is 0.291. The first-order valence-electron chi connectivity index (χ1n) is 9.85. The molecule has 0 heterocycles. The molecule has 0 aliphatic heterocycles. The molecule has 0 saturated heterocycles. The Morgan fingerprint density at radius 1 is 1.07 bits per heavy atom. The number of hydrogen-bond acceptors (Lipinski definition) is 3. The fraction of sp³-hybridized carbons (Fsp3) is 0.524. The molecule has 0 radical (unpaired) electrons. The van der Waals surface area contributed by atoms with Gasteiger partial charge in [0.25, 0.3) is 0 Å². The number of hydrogen-bond donors (Lipinski definition) is 0. The molecule has 1 saturated carbocycles. The first-order valence-corrected chi connectivity index (χ1v) is 11.3. The second-order valence-electron chi connectivity index (χ2n) is 7.70. The molecule has 0 aromatic heterocycles. The molecule has 0 N–H and O–H groups in total. The van der Waals surface area contributed by atoms with E-state index in [1.807, 2.05) is 6.07 Å². The van der Waals surface area contributed by atoms with Gasteiger partial charge in [0.2, 0.25) is 0 Å². The Kier molecular flexibility index (Phi) is 6.41. The first kappa shape index (κ1) is 21.9. The topological polar surface area (TPSA) is 43.4 Å². The molecule has 3 rings (SSSR count). The van der Waals surface area contributed by atoms with Crippen LogP contribution >= 0.6 is 0 Å². The van der Waals surface area contributed by atoms with Crippen LogP contribution in [0.5, 0.6) is 5.75 Å². The van der Waals surface area contributed by atoms with E-state index >= 15 is 0 Å². The standard InChI is InChI=1S/C21H24F4O3S/c1-2-3-4-14-5-7-15(8-6-14)16-9-11-18-17(13-16)10-12-19(20(18)22)28-29(26,27)21(23,24)25/h9-15H,2-8H2,1H3. The zero-order valence-electron chi connectivity index (χ0n) is 16.1. The highest BCUT2D eigenvalue weighted by molar-refractivity contribution is 7.88. The van der Waals surface area contributed by atoms with Crippen LogP contribution in [0.1, 0.15) is 63.4 Å². The number of unbranched alkanes of at least 4 members (excludes halogenated alkanes) is 1. The van der Waals surface area contributed by atoms with E-state index in [4.69, 9.17) is 0 Å². The normalized spacial score (nSPS) is 20.7. The van der Waals surface area contributed by atoms with E-state index in [-0.39, 0.29) is 5.39 Å². The lowest BCUT2D eigenvalue weighted by molar-refractivity contribution is -0.0500. The number of halogens is 4. The van der Waals surface area contributed by atoms with Gasteiger partial charge in [0, 0.05) is 5.39 Å². The number of fused-ring (bicyclic) bond motifs is 1. The van der Waals surface area contributed by atoms with Gasteiger partial charge in [-0.05, 0) is 54.5 Å². The summed E-state index contributed by atoms with van der Waals surface area (Å²) in [7, 11) is -5.92. The van der Waals surface area contributed by atoms with Crippen LogP contribution in [0, 0.1) is 11.7 Å². The molecular formula is C21H24F4O3S. The van der Waals surface area contributed by atoms with Crippen LogP contribution in [0.4, 0.5) is 17.6 Å². The highest BCUT2D eigenvalue weighted by Gasteiger charge is 2.49. The highest BCUT2D eigenvalue weighted by atomic mass is 32.2. The summed E-state index contributed by atoms with van der Waals surface area (Å²) in [6.45, 7) is 2.19. The summed E-state index contributed by atoms with van der Waals surface area (Å²) < 4.78 is 78.3. The van der Waals surface area contributed by atoms with Crippen molar-refractivity contribution >= 4 is 20.9 Å². The van der Waals surface area contributed by atoms with Gasteiger partial charge in [0.05, 0.1) is 0 Å². The van der Waals surface area contributed by atoms with E-state index in [2.05, 4.69) is 11.1 Å². The highest BCUT2D eigenvalue weighted by Crippen LogP contribution is 2.39. The predicted molar refractivity (Wildman–Crippen MR) is 104 cm³/mol. The van der Waals surface area contributed by atoms with Gasteiger partial charge < -0.3 is 4.18 Å². The van der Waals surface area contributed by atoms with Gasteiger partial charge >= 0.3 is 15.6 Å². The van der Waals surface area contributed by atoms with Crippen molar-refractivity contribution in [1.29, 1.82) is 0 Å². The maximum absolute atomic E-state index is 14.6. The third-order valence-electron chi connectivity index (χ3n) is 5.71. The van der Waals surface area contributed by atoms with Crippen molar-refractivity contribution < 1.29 is 30.2 Å². The third-order valence-corrected chi connectivity index (χ3v) is 6.68. The fourth-order valence-corrected chi connectivity index (χ4v) is 4.51. The summed E-state index contributed by atoms with van der Waals surface area (Å²) in [5, 5.41) is 0.533. The second-order valence-corrected chi connectivity index (χ2v) is 9.24. The molecule has 0 atom stereocenters. The Balaban J connectivity index is 1.79. The lowest BCUT2D eigenvalue weighted by Gasteiger charge is -2.29. The Morgan fingerprint density at radius 2 is 1.76 bits per heavy atom. The lowest BCUT2D eigenvalue weighted by atomic mass is 9.77. The molecule has 1 aliphatic rings. The molecule has 2 aromatic carbocycles. The smallest absolute Gasteiger partial charge is 0.373 e. The monoisotopic (exact) mass is 432 g/mol. The summed E-state index contributed by atoms with van der Waals surface area (Å²) >= 11 is 0. The average molecular weight is 432 g/mol. The van der Waals surface area contributed by atoms with Crippen LogP contribution in [-0.2, 0) is 10.1 Å². The van der Waals surface area contributed by atoms with Gasteiger partial charge in [-0.2, -0.15) is 21.6 Å². The van der Waals surface area contributed by atoms with Gasteiger partial charge in [-0.3, -0.25) is 0 Å². The van der Waals surface area contributed by atoms with Crippen LogP contribution in [-0.4, -0.2) is 13.9 Å². The van der Waals surface area contributed by atoms with Gasteiger partial charge in [-0.25, -0.2) is 4.39 Å². The van der Waals surface area contributed by atoms with Gasteiger partial charge in [0.15, 0.2) is 11.6 Å². The van der Waals surface area contributed by atoms with Gasteiger partial charge in [-0.15, -0.1) is 0 Å². The van der Waals surface area contributed by atoms with Gasteiger partial charge in [0.1, 0.15) is 0 Å². The van der Waals surface area contributed by atoms with E-state index in [9.17, 15) is 26.0 Å². The number of rotatable bonds is 6. The third kappa shape index (κ3) is 4.85. The van der Waals surface area contributed by atoms with Crippen molar-refractivity contribution in [2.75, 3.05) is 0 Å². The van der Waals surface area contributed by atoms with E-state index in [0.717, 1.165) is 30.4 Å². The molecule has 8 heteroatoms. The van der Waals surface area contributed by atoms with Crippen LogP contribution in [0.2, 0.25) is 0 Å². The lowest BCUT2D eigenvalue weighted by Crippen LogP contribution is -2.28. The average Bonchev–Trinajstić information content (AvgIpc) is 2.68. The van der Waals surface area contributed by atoms with E-state index in [1.54, 1.807) is 6.07 Å². The summed E-state index contributed by atoms with van der Waals surface area (Å²) in [6.07, 6.45) is 8.17. The number of alkyl halides is 3. The van der Waals surface area contributed by atoms with Crippen molar-refractivity contribution in [3.8, 4) is 5.75 Å². The van der Waals surface area contributed by atoms with E-state index in [0.29, 0.717) is 11.3 Å². The SMILES string of the molecule is CCCCC1CCC(c2ccc3c(F)c(OS(=O)(=O)C(F)(F)F)ccc3c2)CC1. The second kappa shape index (κ2) is 8.50. The zero-order chi connectivity index (χ0) is 21.2. The molecule has 1 fully saturated rings. The molecule has 3 nitrogen and oxygen atoms in total. The Labute approximate surface area is 168 Å². The van der Waals surface area contributed by atoms with E-state index in [1.165, 1.54) is 44.2 Å². The molecule has 0 spiro atoms.